The molecule has 1 aromatic rings. The van der Waals surface area contributed by atoms with Gasteiger partial charge < -0.3 is 5.32 Å². The lowest BCUT2D eigenvalue weighted by atomic mass is 10.2. The van der Waals surface area contributed by atoms with Crippen LogP contribution < -0.4 is 5.32 Å². The highest BCUT2D eigenvalue weighted by atomic mass is 79.9. The quantitative estimate of drug-likeness (QED) is 0.657. The second kappa shape index (κ2) is 5.66. The van der Waals surface area contributed by atoms with Gasteiger partial charge in [0.05, 0.1) is 15.1 Å². The van der Waals surface area contributed by atoms with Crippen LogP contribution in [0.1, 0.15) is 6.92 Å². The Morgan fingerprint density at radius 3 is 2.56 bits per heavy atom. The molecule has 1 atom stereocenters. The number of nitrogens with one attached hydrogen (secondary N) is 1. The first-order valence-electron chi connectivity index (χ1n) is 5.07. The van der Waals surface area contributed by atoms with Gasteiger partial charge in [-0.1, -0.05) is 0 Å². The van der Waals surface area contributed by atoms with Crippen LogP contribution in [0.4, 0.5) is 11.4 Å². The Balaban J connectivity index is 2.81. The van der Waals surface area contributed by atoms with Gasteiger partial charge in [0.15, 0.2) is 0 Å². The fraction of sp³-hybridized carbons (Fsp3) is 0.400. The lowest BCUT2D eigenvalue weighted by Crippen LogP contribution is -2.24. The Morgan fingerprint density at radius 2 is 2.11 bits per heavy atom. The molecule has 1 aromatic carbocycles. The smallest absolute Gasteiger partial charge is 0.283 e. The summed E-state index contributed by atoms with van der Waals surface area (Å²) >= 11 is 3.10. The van der Waals surface area contributed by atoms with E-state index in [-0.39, 0.29) is 17.5 Å². The number of rotatable bonds is 5. The Labute approximate surface area is 114 Å². The Hall–Kier alpha value is -1.15. The average molecular weight is 337 g/mol. The molecule has 18 heavy (non-hydrogen) atoms. The molecule has 0 aliphatic rings. The third-order valence-corrected chi connectivity index (χ3v) is 3.85. The van der Waals surface area contributed by atoms with Crippen molar-refractivity contribution in [1.29, 1.82) is 0 Å². The molecular formula is C10H13BrN2O4S. The molecule has 0 heterocycles. The van der Waals surface area contributed by atoms with Crippen LogP contribution in [0.25, 0.3) is 0 Å². The van der Waals surface area contributed by atoms with Crippen LogP contribution in [0.3, 0.4) is 0 Å². The summed E-state index contributed by atoms with van der Waals surface area (Å²) in [4.78, 5) is 10.1. The number of nitrogens with zero attached hydrogens (tertiary/aromatic N) is 1. The van der Waals surface area contributed by atoms with E-state index in [2.05, 4.69) is 21.2 Å². The summed E-state index contributed by atoms with van der Waals surface area (Å²) in [5.74, 6) is 0.00159. The molecule has 1 rings (SSSR count). The molecule has 0 spiro atoms. The van der Waals surface area contributed by atoms with Crippen LogP contribution in [0.15, 0.2) is 22.7 Å². The molecule has 0 radical (unpaired) electrons. The van der Waals surface area contributed by atoms with E-state index in [1.807, 2.05) is 0 Å². The summed E-state index contributed by atoms with van der Waals surface area (Å²) in [6.45, 7) is 1.73. The number of anilines is 1. The fourth-order valence-electron chi connectivity index (χ4n) is 1.53. The van der Waals surface area contributed by atoms with E-state index in [1.54, 1.807) is 19.1 Å². The van der Waals surface area contributed by atoms with Gasteiger partial charge in [0.2, 0.25) is 0 Å². The molecule has 1 N–H and O–H groups in total. The summed E-state index contributed by atoms with van der Waals surface area (Å²) < 4.78 is 22.6. The van der Waals surface area contributed by atoms with Crippen LogP contribution in [0.5, 0.6) is 0 Å². The predicted molar refractivity (Wildman–Crippen MR) is 73.6 cm³/mol. The van der Waals surface area contributed by atoms with Crippen molar-refractivity contribution in [1.82, 2.24) is 0 Å². The third kappa shape index (κ3) is 4.61. The molecule has 0 aliphatic heterocycles. The van der Waals surface area contributed by atoms with Gasteiger partial charge in [-0.2, -0.15) is 0 Å². The molecule has 6 nitrogen and oxygen atoms in total. The van der Waals surface area contributed by atoms with Gasteiger partial charge in [0.1, 0.15) is 9.84 Å². The molecular weight excluding hydrogens is 324 g/mol. The third-order valence-electron chi connectivity index (χ3n) is 2.11. The minimum absolute atomic E-state index is 0.00159. The molecule has 0 saturated heterocycles. The van der Waals surface area contributed by atoms with Crippen LogP contribution in [-0.4, -0.2) is 31.4 Å². The van der Waals surface area contributed by atoms with Gasteiger partial charge in [-0.3, -0.25) is 10.1 Å². The average Bonchev–Trinajstić information content (AvgIpc) is 2.13. The highest BCUT2D eigenvalue weighted by molar-refractivity contribution is 9.10. The molecule has 0 amide bonds. The van der Waals surface area contributed by atoms with Crippen LogP contribution >= 0.6 is 15.9 Å². The minimum Gasteiger partial charge on any atom is -0.382 e. The van der Waals surface area contributed by atoms with E-state index in [9.17, 15) is 18.5 Å². The Morgan fingerprint density at radius 1 is 1.50 bits per heavy atom. The molecule has 0 fully saturated rings. The van der Waals surface area contributed by atoms with Crippen LogP contribution in [-0.2, 0) is 9.84 Å². The first-order chi connectivity index (χ1) is 8.19. The largest absolute Gasteiger partial charge is 0.382 e. The maximum atomic E-state index is 11.1. The number of nitro benzene ring substituents is 1. The van der Waals surface area contributed by atoms with Crippen LogP contribution in [0, 0.1) is 10.1 Å². The highest BCUT2D eigenvalue weighted by Crippen LogP contribution is 2.27. The Kier molecular flexibility index (Phi) is 4.69. The van der Waals surface area contributed by atoms with Gasteiger partial charge >= 0.3 is 0 Å². The summed E-state index contributed by atoms with van der Waals surface area (Å²) in [5, 5.41) is 13.6. The number of hydrogen-bond acceptors (Lipinski definition) is 5. The number of halogens is 1. The van der Waals surface area contributed by atoms with Crippen molar-refractivity contribution in [3.8, 4) is 0 Å². The normalized spacial score (nSPS) is 13.1. The Bertz CT molecular complexity index is 559. The van der Waals surface area contributed by atoms with E-state index in [0.29, 0.717) is 10.2 Å². The lowest BCUT2D eigenvalue weighted by molar-refractivity contribution is -0.385. The predicted octanol–water partition coefficient (Wildman–Crippen LogP) is 2.20. The van der Waals surface area contributed by atoms with Crippen molar-refractivity contribution in [2.45, 2.75) is 13.0 Å². The topological polar surface area (TPSA) is 89.3 Å². The van der Waals surface area contributed by atoms with Gasteiger partial charge in [-0.25, -0.2) is 8.42 Å². The molecule has 0 saturated carbocycles. The van der Waals surface area contributed by atoms with Crippen molar-refractivity contribution in [2.24, 2.45) is 0 Å². The molecule has 1 unspecified atom stereocenters. The zero-order valence-electron chi connectivity index (χ0n) is 9.88. The molecule has 0 bridgehead atoms. The molecule has 0 aromatic heterocycles. The van der Waals surface area contributed by atoms with Crippen LogP contribution in [0.2, 0.25) is 0 Å². The second-order valence-corrected chi connectivity index (χ2v) is 7.10. The van der Waals surface area contributed by atoms with Gasteiger partial charge in [0.25, 0.3) is 5.69 Å². The second-order valence-electron chi connectivity index (χ2n) is 4.06. The SMILES string of the molecule is CC(CS(C)(=O)=O)Nc1ccc([N+](=O)[O-])c(Br)c1. The van der Waals surface area contributed by atoms with Crippen molar-refractivity contribution >= 4 is 37.1 Å². The standard InChI is InChI=1S/C10H13BrN2O4S/c1-7(6-18(2,16)17)12-8-3-4-10(13(14)15)9(11)5-8/h3-5,7,12H,6H2,1-2H3. The van der Waals surface area contributed by atoms with E-state index in [4.69, 9.17) is 0 Å². The lowest BCUT2D eigenvalue weighted by Gasteiger charge is -2.14. The number of benzene rings is 1. The highest BCUT2D eigenvalue weighted by Gasteiger charge is 2.14. The monoisotopic (exact) mass is 336 g/mol. The van der Waals surface area contributed by atoms with Crippen molar-refractivity contribution in [2.75, 3.05) is 17.3 Å². The maximum absolute atomic E-state index is 11.1. The van der Waals surface area contributed by atoms with Gasteiger partial charge in [0, 0.05) is 24.1 Å². The summed E-state index contributed by atoms with van der Waals surface area (Å²) in [5.41, 5.74) is 0.597. The van der Waals surface area contributed by atoms with E-state index in [1.165, 1.54) is 6.07 Å². The summed E-state index contributed by atoms with van der Waals surface area (Å²) in [6, 6.07) is 4.19. The van der Waals surface area contributed by atoms with E-state index in [0.717, 1.165) is 6.26 Å². The minimum atomic E-state index is -3.06. The molecule has 8 heteroatoms. The molecule has 0 aliphatic carbocycles. The van der Waals surface area contributed by atoms with Crippen molar-refractivity contribution in [3.05, 3.63) is 32.8 Å². The first-order valence-corrected chi connectivity index (χ1v) is 7.92. The summed E-state index contributed by atoms with van der Waals surface area (Å²) in [6.07, 6.45) is 1.16. The number of hydrogen-bond donors (Lipinski definition) is 1. The first kappa shape index (κ1) is 14.9. The number of nitro groups is 1. The zero-order chi connectivity index (χ0) is 13.9. The van der Waals surface area contributed by atoms with Gasteiger partial charge in [-0.15, -0.1) is 0 Å². The fourth-order valence-corrected chi connectivity index (χ4v) is 3.04. The molecule has 100 valence electrons. The zero-order valence-corrected chi connectivity index (χ0v) is 12.3. The van der Waals surface area contributed by atoms with Crippen molar-refractivity contribution in [3.63, 3.8) is 0 Å². The van der Waals surface area contributed by atoms with Gasteiger partial charge in [-0.05, 0) is 35.0 Å². The summed E-state index contributed by atoms with van der Waals surface area (Å²) in [7, 11) is -3.06. The van der Waals surface area contributed by atoms with Crippen molar-refractivity contribution < 1.29 is 13.3 Å². The maximum Gasteiger partial charge on any atom is 0.283 e. The van der Waals surface area contributed by atoms with E-state index >= 15 is 0 Å². The number of sulfone groups is 1. The van der Waals surface area contributed by atoms with E-state index < -0.39 is 14.8 Å².